The summed E-state index contributed by atoms with van der Waals surface area (Å²) in [5, 5.41) is 13.4. The normalized spacial score (nSPS) is 15.2. The van der Waals surface area contributed by atoms with E-state index < -0.39 is 0 Å². The van der Waals surface area contributed by atoms with Crippen LogP contribution in [-0.4, -0.2) is 22.3 Å². The highest BCUT2D eigenvalue weighted by atomic mass is 35.5. The molecule has 26 heavy (non-hydrogen) atoms. The van der Waals surface area contributed by atoms with Gasteiger partial charge in [-0.05, 0) is 62.1 Å². The van der Waals surface area contributed by atoms with Crippen molar-refractivity contribution in [3.8, 4) is 5.75 Å². The van der Waals surface area contributed by atoms with Gasteiger partial charge in [-0.15, -0.1) is 0 Å². The van der Waals surface area contributed by atoms with E-state index in [4.69, 9.17) is 11.6 Å². The number of hydrogen-bond donors (Lipinski definition) is 2. The molecule has 0 unspecified atom stereocenters. The monoisotopic (exact) mass is 371 g/mol. The third-order valence-electron chi connectivity index (χ3n) is 4.89. The zero-order valence-electron chi connectivity index (χ0n) is 14.7. The first-order valence-corrected chi connectivity index (χ1v) is 9.13. The number of phenols is 1. The van der Waals surface area contributed by atoms with Gasteiger partial charge in [-0.3, -0.25) is 9.59 Å². The summed E-state index contributed by atoms with van der Waals surface area (Å²) >= 11 is 5.92. The Kier molecular flexibility index (Phi) is 5.33. The average Bonchev–Trinajstić information content (AvgIpc) is 2.57. The number of benzene rings is 2. The van der Waals surface area contributed by atoms with Crippen LogP contribution >= 0.6 is 11.6 Å². The van der Waals surface area contributed by atoms with E-state index in [0.717, 1.165) is 24.8 Å². The van der Waals surface area contributed by atoms with Crippen molar-refractivity contribution in [3.05, 3.63) is 64.2 Å². The van der Waals surface area contributed by atoms with Gasteiger partial charge in [0, 0.05) is 34.5 Å². The molecule has 1 amide bonds. The minimum atomic E-state index is -0.104. The number of halogens is 1. The molecule has 2 aromatic carbocycles. The van der Waals surface area contributed by atoms with Gasteiger partial charge in [0.1, 0.15) is 11.5 Å². The maximum Gasteiger partial charge on any atom is 0.251 e. The fraction of sp³-hybridized carbons (Fsp3) is 0.333. The number of phenolic OH excluding ortho intramolecular Hbond substituents is 1. The average molecular weight is 372 g/mol. The summed E-state index contributed by atoms with van der Waals surface area (Å²) in [7, 11) is 0. The highest BCUT2D eigenvalue weighted by Gasteiger charge is 2.33. The van der Waals surface area contributed by atoms with Gasteiger partial charge in [0.2, 0.25) is 0 Å². The van der Waals surface area contributed by atoms with Crippen LogP contribution in [0.2, 0.25) is 5.02 Å². The van der Waals surface area contributed by atoms with E-state index in [1.807, 2.05) is 6.07 Å². The van der Waals surface area contributed by atoms with E-state index in [2.05, 4.69) is 12.2 Å². The number of ketones is 1. The van der Waals surface area contributed by atoms with Crippen LogP contribution in [0.4, 0.5) is 0 Å². The first-order chi connectivity index (χ1) is 12.3. The zero-order valence-corrected chi connectivity index (χ0v) is 15.5. The maximum absolute atomic E-state index is 12.4. The summed E-state index contributed by atoms with van der Waals surface area (Å²) in [6, 6.07) is 11.8. The van der Waals surface area contributed by atoms with Crippen molar-refractivity contribution < 1.29 is 14.7 Å². The fourth-order valence-corrected chi connectivity index (χ4v) is 3.39. The van der Waals surface area contributed by atoms with E-state index in [1.54, 1.807) is 30.3 Å². The van der Waals surface area contributed by atoms with E-state index in [0.29, 0.717) is 16.1 Å². The van der Waals surface area contributed by atoms with Gasteiger partial charge in [-0.2, -0.15) is 0 Å². The lowest BCUT2D eigenvalue weighted by atomic mass is 9.78. The second kappa shape index (κ2) is 7.50. The fourth-order valence-electron chi connectivity index (χ4n) is 3.20. The van der Waals surface area contributed by atoms with Gasteiger partial charge in [-0.25, -0.2) is 0 Å². The van der Waals surface area contributed by atoms with Crippen LogP contribution in [0, 0.1) is 0 Å². The molecule has 1 fully saturated rings. The van der Waals surface area contributed by atoms with Crippen molar-refractivity contribution >= 4 is 23.3 Å². The van der Waals surface area contributed by atoms with Crippen LogP contribution in [0.1, 0.15) is 47.7 Å². The molecular weight excluding hydrogens is 350 g/mol. The molecule has 0 aromatic heterocycles. The maximum atomic E-state index is 12.4. The van der Waals surface area contributed by atoms with Crippen molar-refractivity contribution in [3.63, 3.8) is 0 Å². The van der Waals surface area contributed by atoms with Crippen LogP contribution in [0.5, 0.6) is 5.75 Å². The molecule has 1 aliphatic carbocycles. The van der Waals surface area contributed by atoms with Crippen molar-refractivity contribution in [1.29, 1.82) is 0 Å². The predicted octanol–water partition coefficient (Wildman–Crippen LogP) is 4.07. The number of aromatic hydroxyl groups is 1. The molecule has 0 radical (unpaired) electrons. The Morgan fingerprint density at radius 1 is 1.15 bits per heavy atom. The minimum Gasteiger partial charge on any atom is -0.508 e. The Hall–Kier alpha value is -2.33. The van der Waals surface area contributed by atoms with Gasteiger partial charge >= 0.3 is 0 Å². The lowest BCUT2D eigenvalue weighted by Gasteiger charge is -2.39. The number of amides is 1. The molecule has 0 aliphatic heterocycles. The summed E-state index contributed by atoms with van der Waals surface area (Å²) in [5.41, 5.74) is 1.75. The van der Waals surface area contributed by atoms with Gasteiger partial charge in [0.25, 0.3) is 5.91 Å². The molecule has 1 aliphatic rings. The highest BCUT2D eigenvalue weighted by molar-refractivity contribution is 6.30. The summed E-state index contributed by atoms with van der Waals surface area (Å²) < 4.78 is 0. The first kappa shape index (κ1) is 18.5. The van der Waals surface area contributed by atoms with Crippen molar-refractivity contribution in [1.82, 2.24) is 5.32 Å². The SMILES string of the molecule is CC1(NC(=O)c2cccc(CC(=O)Cc3cc(Cl)ccc3O)c2)CCC1. The zero-order chi connectivity index (χ0) is 18.7. The quantitative estimate of drug-likeness (QED) is 0.804. The molecule has 2 N–H and O–H groups in total. The molecule has 3 rings (SSSR count). The van der Waals surface area contributed by atoms with Crippen LogP contribution in [0.15, 0.2) is 42.5 Å². The summed E-state index contributed by atoms with van der Waals surface area (Å²) in [6.07, 6.45) is 3.44. The topological polar surface area (TPSA) is 66.4 Å². The van der Waals surface area contributed by atoms with E-state index in [1.165, 1.54) is 6.07 Å². The lowest BCUT2D eigenvalue weighted by molar-refractivity contribution is -0.117. The number of rotatable bonds is 6. The number of carbonyl (C=O) groups excluding carboxylic acids is 2. The molecule has 0 atom stereocenters. The molecule has 0 heterocycles. The van der Waals surface area contributed by atoms with Gasteiger partial charge in [0.15, 0.2) is 0 Å². The Bertz CT molecular complexity index is 843. The third kappa shape index (κ3) is 4.44. The summed E-state index contributed by atoms with van der Waals surface area (Å²) in [6.45, 7) is 2.05. The van der Waals surface area contributed by atoms with Gasteiger partial charge in [0.05, 0.1) is 0 Å². The van der Waals surface area contributed by atoms with E-state index in [-0.39, 0.29) is 35.8 Å². The van der Waals surface area contributed by atoms with Crippen molar-refractivity contribution in [2.45, 2.75) is 44.6 Å². The molecule has 5 heteroatoms. The number of Topliss-reactive ketones (excluding diaryl/α,β-unsaturated/α-hetero) is 1. The Morgan fingerprint density at radius 2 is 1.92 bits per heavy atom. The highest BCUT2D eigenvalue weighted by Crippen LogP contribution is 2.31. The van der Waals surface area contributed by atoms with E-state index >= 15 is 0 Å². The second-order valence-corrected chi connectivity index (χ2v) is 7.67. The van der Waals surface area contributed by atoms with Crippen LogP contribution in [0.25, 0.3) is 0 Å². The van der Waals surface area contributed by atoms with E-state index in [9.17, 15) is 14.7 Å². The molecule has 0 saturated heterocycles. The Morgan fingerprint density at radius 3 is 2.62 bits per heavy atom. The largest absolute Gasteiger partial charge is 0.508 e. The molecule has 136 valence electrons. The smallest absolute Gasteiger partial charge is 0.251 e. The number of nitrogens with one attached hydrogen (secondary N) is 1. The van der Waals surface area contributed by atoms with Crippen LogP contribution in [0.3, 0.4) is 0 Å². The van der Waals surface area contributed by atoms with Gasteiger partial charge < -0.3 is 10.4 Å². The standard InChI is InChI=1S/C21H22ClNO3/c1-21(8-3-9-21)23-20(26)15-5-2-4-14(10-15)11-18(24)13-16-12-17(22)6-7-19(16)25/h2,4-7,10,12,25H,3,8-9,11,13H2,1H3,(H,23,26). The summed E-state index contributed by atoms with van der Waals surface area (Å²) in [5.74, 6) is -0.0929. The van der Waals surface area contributed by atoms with Gasteiger partial charge in [-0.1, -0.05) is 23.7 Å². The molecule has 2 aromatic rings. The molecule has 4 nitrogen and oxygen atoms in total. The lowest BCUT2D eigenvalue weighted by Crippen LogP contribution is -2.50. The molecule has 1 saturated carbocycles. The minimum absolute atomic E-state index is 0.0499. The predicted molar refractivity (Wildman–Crippen MR) is 102 cm³/mol. The molecular formula is C21H22ClNO3. The summed E-state index contributed by atoms with van der Waals surface area (Å²) in [4.78, 5) is 24.8. The van der Waals surface area contributed by atoms with Crippen molar-refractivity contribution in [2.24, 2.45) is 0 Å². The van der Waals surface area contributed by atoms with Crippen LogP contribution < -0.4 is 5.32 Å². The Labute approximate surface area is 158 Å². The number of carbonyl (C=O) groups is 2. The molecule has 0 bridgehead atoms. The van der Waals surface area contributed by atoms with Crippen LogP contribution in [-0.2, 0) is 17.6 Å². The van der Waals surface area contributed by atoms with Crippen molar-refractivity contribution in [2.75, 3.05) is 0 Å². The molecule has 0 spiro atoms. The Balaban J connectivity index is 1.65. The third-order valence-corrected chi connectivity index (χ3v) is 5.13. The number of hydrogen-bond acceptors (Lipinski definition) is 3. The first-order valence-electron chi connectivity index (χ1n) is 8.75. The second-order valence-electron chi connectivity index (χ2n) is 7.23.